The molecule has 0 bridgehead atoms. The lowest BCUT2D eigenvalue weighted by atomic mass is 10.2. The van der Waals surface area contributed by atoms with E-state index in [4.69, 9.17) is 28.9 Å². The highest BCUT2D eigenvalue weighted by Crippen LogP contribution is 2.40. The molecule has 0 fully saturated rings. The van der Waals surface area contributed by atoms with E-state index in [1.807, 2.05) is 0 Å². The van der Waals surface area contributed by atoms with Gasteiger partial charge < -0.3 is 5.73 Å². The standard InChI is InChI=1S/C7H4Cl2F3N.ClH/c8-4-1-3(13)2-5(9)6(4)7(10,11)12;/h1-2H,13H2;1H. The second-order valence-corrected chi connectivity index (χ2v) is 3.17. The average molecular weight is 266 g/mol. The quantitative estimate of drug-likeness (QED) is 0.705. The van der Waals surface area contributed by atoms with E-state index in [0.717, 1.165) is 12.1 Å². The van der Waals surface area contributed by atoms with Gasteiger partial charge in [0.05, 0.1) is 15.6 Å². The molecule has 0 atom stereocenters. The Morgan fingerprint density at radius 1 is 1.07 bits per heavy atom. The summed E-state index contributed by atoms with van der Waals surface area (Å²) in [4.78, 5) is 0. The maximum atomic E-state index is 12.2. The lowest BCUT2D eigenvalue weighted by molar-refractivity contribution is -0.137. The zero-order valence-electron chi connectivity index (χ0n) is 6.53. The average Bonchev–Trinajstić information content (AvgIpc) is 1.78. The van der Waals surface area contributed by atoms with Crippen LogP contribution in [0.15, 0.2) is 12.1 Å². The molecule has 0 radical (unpaired) electrons. The van der Waals surface area contributed by atoms with Gasteiger partial charge in [-0.05, 0) is 12.1 Å². The van der Waals surface area contributed by atoms with Gasteiger partial charge in [0.15, 0.2) is 0 Å². The van der Waals surface area contributed by atoms with Crippen LogP contribution in [0, 0.1) is 0 Å². The summed E-state index contributed by atoms with van der Waals surface area (Å²) in [6.07, 6.45) is -4.55. The molecule has 1 nitrogen and oxygen atoms in total. The molecule has 80 valence electrons. The fourth-order valence-electron chi connectivity index (χ4n) is 0.864. The predicted molar refractivity (Wildman–Crippen MR) is 53.1 cm³/mol. The molecular formula is C7H5Cl3F3N. The zero-order valence-corrected chi connectivity index (χ0v) is 8.86. The van der Waals surface area contributed by atoms with Gasteiger partial charge in [0.25, 0.3) is 0 Å². The van der Waals surface area contributed by atoms with E-state index in [1.165, 1.54) is 0 Å². The number of halogens is 6. The fourth-order valence-corrected chi connectivity index (χ4v) is 1.58. The third-order valence-corrected chi connectivity index (χ3v) is 1.94. The lowest BCUT2D eigenvalue weighted by Gasteiger charge is -2.11. The topological polar surface area (TPSA) is 26.0 Å². The third-order valence-electron chi connectivity index (χ3n) is 1.35. The maximum absolute atomic E-state index is 12.2. The maximum Gasteiger partial charge on any atom is 0.419 e. The van der Waals surface area contributed by atoms with Crippen molar-refractivity contribution in [3.63, 3.8) is 0 Å². The Bertz CT molecular complexity index is 314. The minimum absolute atomic E-state index is 0. The van der Waals surface area contributed by atoms with Crippen LogP contribution >= 0.6 is 35.6 Å². The van der Waals surface area contributed by atoms with Gasteiger partial charge >= 0.3 is 6.18 Å². The van der Waals surface area contributed by atoms with Gasteiger partial charge in [-0.25, -0.2) is 0 Å². The van der Waals surface area contributed by atoms with E-state index in [0.29, 0.717) is 0 Å². The van der Waals surface area contributed by atoms with Gasteiger partial charge in [0.1, 0.15) is 0 Å². The Hall–Kier alpha value is -0.320. The monoisotopic (exact) mass is 265 g/mol. The molecular weight excluding hydrogens is 261 g/mol. The van der Waals surface area contributed by atoms with Crippen molar-refractivity contribution in [2.24, 2.45) is 0 Å². The molecule has 7 heteroatoms. The van der Waals surface area contributed by atoms with Crippen LogP contribution in [0.4, 0.5) is 18.9 Å². The van der Waals surface area contributed by atoms with Gasteiger partial charge in [0, 0.05) is 5.69 Å². The molecule has 0 amide bonds. The molecule has 0 spiro atoms. The molecule has 0 saturated heterocycles. The number of hydrogen-bond acceptors (Lipinski definition) is 1. The number of hydrogen-bond donors (Lipinski definition) is 1. The van der Waals surface area contributed by atoms with E-state index in [9.17, 15) is 13.2 Å². The Balaban J connectivity index is 0.00000169. The van der Waals surface area contributed by atoms with Crippen LogP contribution in [-0.4, -0.2) is 0 Å². The molecule has 1 aromatic carbocycles. The first kappa shape index (κ1) is 13.7. The largest absolute Gasteiger partial charge is 0.419 e. The van der Waals surface area contributed by atoms with Crippen LogP contribution in [0.5, 0.6) is 0 Å². The van der Waals surface area contributed by atoms with Crippen molar-refractivity contribution in [1.29, 1.82) is 0 Å². The van der Waals surface area contributed by atoms with Crippen molar-refractivity contribution in [3.8, 4) is 0 Å². The van der Waals surface area contributed by atoms with E-state index >= 15 is 0 Å². The summed E-state index contributed by atoms with van der Waals surface area (Å²) in [7, 11) is 0. The fraction of sp³-hybridized carbons (Fsp3) is 0.143. The van der Waals surface area contributed by atoms with Crippen molar-refractivity contribution in [2.75, 3.05) is 5.73 Å². The second kappa shape index (κ2) is 4.47. The Kier molecular flexibility index (Phi) is 4.36. The summed E-state index contributed by atoms with van der Waals surface area (Å²) in [6, 6.07) is 2.02. The summed E-state index contributed by atoms with van der Waals surface area (Å²) >= 11 is 10.7. The van der Waals surface area contributed by atoms with Crippen molar-refractivity contribution < 1.29 is 13.2 Å². The minimum atomic E-state index is -4.55. The molecule has 0 aliphatic heterocycles. The number of anilines is 1. The van der Waals surface area contributed by atoms with Crippen LogP contribution in [-0.2, 0) is 6.18 Å². The van der Waals surface area contributed by atoms with Crippen LogP contribution in [0.3, 0.4) is 0 Å². The summed E-state index contributed by atoms with van der Waals surface area (Å²) in [6.45, 7) is 0. The van der Waals surface area contributed by atoms with Crippen molar-refractivity contribution in [2.45, 2.75) is 6.18 Å². The number of alkyl halides is 3. The molecule has 1 rings (SSSR count). The third kappa shape index (κ3) is 2.83. The highest BCUT2D eigenvalue weighted by atomic mass is 35.5. The SMILES string of the molecule is Cl.Nc1cc(Cl)c(C(F)(F)F)c(Cl)c1. The first-order chi connectivity index (χ1) is 5.82. The Morgan fingerprint density at radius 2 is 1.43 bits per heavy atom. The van der Waals surface area contributed by atoms with Gasteiger partial charge in [-0.3, -0.25) is 0 Å². The molecule has 2 N–H and O–H groups in total. The van der Waals surface area contributed by atoms with Crippen LogP contribution < -0.4 is 5.73 Å². The molecule has 0 aliphatic carbocycles. The number of benzene rings is 1. The minimum Gasteiger partial charge on any atom is -0.399 e. The molecule has 1 aromatic rings. The molecule has 0 unspecified atom stereocenters. The first-order valence-electron chi connectivity index (χ1n) is 3.14. The Morgan fingerprint density at radius 3 is 1.71 bits per heavy atom. The van der Waals surface area contributed by atoms with Crippen molar-refractivity contribution >= 4 is 41.3 Å². The normalized spacial score (nSPS) is 10.9. The van der Waals surface area contributed by atoms with E-state index in [2.05, 4.69) is 0 Å². The van der Waals surface area contributed by atoms with Gasteiger partial charge in [0.2, 0.25) is 0 Å². The summed E-state index contributed by atoms with van der Waals surface area (Å²) < 4.78 is 36.7. The van der Waals surface area contributed by atoms with E-state index in [1.54, 1.807) is 0 Å². The molecule has 0 saturated carbocycles. The predicted octanol–water partition coefficient (Wildman–Crippen LogP) is 4.02. The second-order valence-electron chi connectivity index (χ2n) is 2.36. The molecule has 14 heavy (non-hydrogen) atoms. The first-order valence-corrected chi connectivity index (χ1v) is 3.89. The van der Waals surface area contributed by atoms with Gasteiger partial charge in [-0.2, -0.15) is 13.2 Å². The molecule has 0 aromatic heterocycles. The zero-order chi connectivity index (χ0) is 10.2. The summed E-state index contributed by atoms with van der Waals surface area (Å²) in [5, 5.41) is -0.977. The smallest absolute Gasteiger partial charge is 0.399 e. The molecule has 0 aliphatic rings. The highest BCUT2D eigenvalue weighted by molar-refractivity contribution is 6.36. The Labute approximate surface area is 94.4 Å². The van der Waals surface area contributed by atoms with Crippen LogP contribution in [0.2, 0.25) is 10.0 Å². The van der Waals surface area contributed by atoms with E-state index < -0.39 is 21.8 Å². The number of nitrogen functional groups attached to an aromatic ring is 1. The van der Waals surface area contributed by atoms with Crippen molar-refractivity contribution in [1.82, 2.24) is 0 Å². The van der Waals surface area contributed by atoms with Crippen molar-refractivity contribution in [3.05, 3.63) is 27.7 Å². The van der Waals surface area contributed by atoms with E-state index in [-0.39, 0.29) is 18.1 Å². The van der Waals surface area contributed by atoms with Gasteiger partial charge in [-0.15, -0.1) is 12.4 Å². The highest BCUT2D eigenvalue weighted by Gasteiger charge is 2.35. The molecule has 0 heterocycles. The number of nitrogens with two attached hydrogens (primary N) is 1. The lowest BCUT2D eigenvalue weighted by Crippen LogP contribution is -2.07. The van der Waals surface area contributed by atoms with Crippen LogP contribution in [0.25, 0.3) is 0 Å². The van der Waals surface area contributed by atoms with Crippen LogP contribution in [0.1, 0.15) is 5.56 Å². The summed E-state index contributed by atoms with van der Waals surface area (Å²) in [5.74, 6) is 0. The number of rotatable bonds is 0. The summed E-state index contributed by atoms with van der Waals surface area (Å²) in [5.41, 5.74) is 4.28. The van der Waals surface area contributed by atoms with Gasteiger partial charge in [-0.1, -0.05) is 23.2 Å².